The second-order valence-corrected chi connectivity index (χ2v) is 6.63. The average Bonchev–Trinajstić information content (AvgIpc) is 2.23. The summed E-state index contributed by atoms with van der Waals surface area (Å²) < 4.78 is 5.41. The average molecular weight is 242 g/mol. The highest BCUT2D eigenvalue weighted by Gasteiger charge is 2.26. The molecule has 0 atom stereocenters. The van der Waals surface area contributed by atoms with Crippen molar-refractivity contribution in [2.45, 2.75) is 52.5 Å². The summed E-state index contributed by atoms with van der Waals surface area (Å²) >= 11 is 0. The number of hydrogen-bond acceptors (Lipinski definition) is 3. The van der Waals surface area contributed by atoms with Crippen molar-refractivity contribution in [2.24, 2.45) is 5.41 Å². The fraction of sp³-hybridized carbons (Fsp3) is 1.00. The molecule has 1 aliphatic heterocycles. The molecule has 2 N–H and O–H groups in total. The molecule has 0 spiro atoms. The third-order valence-electron chi connectivity index (χ3n) is 3.44. The zero-order valence-corrected chi connectivity index (χ0v) is 12.1. The van der Waals surface area contributed by atoms with Crippen molar-refractivity contribution in [3.63, 3.8) is 0 Å². The van der Waals surface area contributed by atoms with Gasteiger partial charge in [0.15, 0.2) is 0 Å². The first-order chi connectivity index (χ1) is 7.91. The lowest BCUT2D eigenvalue weighted by Crippen LogP contribution is -2.39. The van der Waals surface area contributed by atoms with Gasteiger partial charge < -0.3 is 15.4 Å². The number of ether oxygens (including phenoxy) is 1. The van der Waals surface area contributed by atoms with E-state index in [4.69, 9.17) is 4.74 Å². The van der Waals surface area contributed by atoms with Gasteiger partial charge in [0.1, 0.15) is 0 Å². The Morgan fingerprint density at radius 2 is 1.76 bits per heavy atom. The van der Waals surface area contributed by atoms with Crippen LogP contribution in [0.5, 0.6) is 0 Å². The van der Waals surface area contributed by atoms with Crippen LogP contribution in [0.25, 0.3) is 0 Å². The minimum atomic E-state index is 0.243. The van der Waals surface area contributed by atoms with Gasteiger partial charge in [0.05, 0.1) is 0 Å². The van der Waals surface area contributed by atoms with Gasteiger partial charge in [0.25, 0.3) is 0 Å². The Hall–Kier alpha value is -0.120. The van der Waals surface area contributed by atoms with Crippen LogP contribution in [0.15, 0.2) is 0 Å². The maximum atomic E-state index is 5.41. The summed E-state index contributed by atoms with van der Waals surface area (Å²) in [7, 11) is 0. The number of hydrogen-bond donors (Lipinski definition) is 2. The SMILES string of the molecule is CC1(CNCCCNC(C)(C)C)CCOCC1. The maximum Gasteiger partial charge on any atom is 0.0471 e. The third-order valence-corrected chi connectivity index (χ3v) is 3.44. The zero-order chi connectivity index (χ0) is 12.8. The fourth-order valence-corrected chi connectivity index (χ4v) is 2.11. The summed E-state index contributed by atoms with van der Waals surface area (Å²) in [5.41, 5.74) is 0.697. The highest BCUT2D eigenvalue weighted by molar-refractivity contribution is 4.79. The first kappa shape index (κ1) is 14.9. The molecule has 0 unspecified atom stereocenters. The van der Waals surface area contributed by atoms with Gasteiger partial charge in [0.2, 0.25) is 0 Å². The molecule has 0 aromatic heterocycles. The molecule has 0 aliphatic carbocycles. The highest BCUT2D eigenvalue weighted by Crippen LogP contribution is 2.28. The molecule has 3 heteroatoms. The van der Waals surface area contributed by atoms with Gasteiger partial charge in [-0.05, 0) is 58.5 Å². The molecule has 0 bridgehead atoms. The predicted octanol–water partition coefficient (Wildman–Crippen LogP) is 2.17. The molecule has 0 amide bonds. The smallest absolute Gasteiger partial charge is 0.0471 e. The Kier molecular flexibility index (Phi) is 5.90. The molecule has 0 saturated carbocycles. The second kappa shape index (κ2) is 6.72. The molecule has 0 aromatic carbocycles. The fourth-order valence-electron chi connectivity index (χ4n) is 2.11. The van der Waals surface area contributed by atoms with Crippen LogP contribution in [0.3, 0.4) is 0 Å². The van der Waals surface area contributed by atoms with Crippen LogP contribution in [-0.4, -0.2) is 38.4 Å². The molecule has 1 heterocycles. The Morgan fingerprint density at radius 1 is 1.12 bits per heavy atom. The second-order valence-electron chi connectivity index (χ2n) is 6.63. The van der Waals surface area contributed by atoms with E-state index in [1.54, 1.807) is 0 Å². The van der Waals surface area contributed by atoms with Gasteiger partial charge in [-0.3, -0.25) is 0 Å². The van der Waals surface area contributed by atoms with E-state index >= 15 is 0 Å². The van der Waals surface area contributed by atoms with Crippen molar-refractivity contribution in [1.82, 2.24) is 10.6 Å². The first-order valence-corrected chi connectivity index (χ1v) is 6.95. The highest BCUT2D eigenvalue weighted by atomic mass is 16.5. The Morgan fingerprint density at radius 3 is 2.35 bits per heavy atom. The van der Waals surface area contributed by atoms with Crippen molar-refractivity contribution < 1.29 is 4.74 Å². The predicted molar refractivity (Wildman–Crippen MR) is 73.4 cm³/mol. The van der Waals surface area contributed by atoms with E-state index in [-0.39, 0.29) is 5.54 Å². The maximum absolute atomic E-state index is 5.41. The lowest BCUT2D eigenvalue weighted by Gasteiger charge is -2.33. The topological polar surface area (TPSA) is 33.3 Å². The third kappa shape index (κ3) is 7.02. The lowest BCUT2D eigenvalue weighted by atomic mass is 9.82. The summed E-state index contributed by atoms with van der Waals surface area (Å²) in [5.74, 6) is 0. The molecule has 1 fully saturated rings. The largest absolute Gasteiger partial charge is 0.381 e. The summed E-state index contributed by atoms with van der Waals surface area (Å²) in [6.07, 6.45) is 3.59. The summed E-state index contributed by atoms with van der Waals surface area (Å²) in [6, 6.07) is 0. The van der Waals surface area contributed by atoms with Crippen molar-refractivity contribution in [1.29, 1.82) is 0 Å². The number of rotatable bonds is 6. The van der Waals surface area contributed by atoms with Gasteiger partial charge in [-0.1, -0.05) is 6.92 Å². The van der Waals surface area contributed by atoms with Crippen LogP contribution in [0, 0.1) is 5.41 Å². The van der Waals surface area contributed by atoms with E-state index in [1.807, 2.05) is 0 Å². The summed E-state index contributed by atoms with van der Waals surface area (Å²) in [5, 5.41) is 7.10. The normalized spacial score (nSPS) is 20.5. The Balaban J connectivity index is 2.00. The van der Waals surface area contributed by atoms with Gasteiger partial charge in [-0.25, -0.2) is 0 Å². The van der Waals surface area contributed by atoms with E-state index in [0.29, 0.717) is 5.41 Å². The monoisotopic (exact) mass is 242 g/mol. The van der Waals surface area contributed by atoms with Crippen LogP contribution >= 0.6 is 0 Å². The van der Waals surface area contributed by atoms with E-state index in [9.17, 15) is 0 Å². The summed E-state index contributed by atoms with van der Waals surface area (Å²) in [6.45, 7) is 14.2. The van der Waals surface area contributed by atoms with Gasteiger partial charge >= 0.3 is 0 Å². The molecule has 0 radical (unpaired) electrons. The van der Waals surface area contributed by atoms with Crippen molar-refractivity contribution in [3.05, 3.63) is 0 Å². The van der Waals surface area contributed by atoms with Gasteiger partial charge in [-0.15, -0.1) is 0 Å². The molecule has 17 heavy (non-hydrogen) atoms. The molecular formula is C14H30N2O. The van der Waals surface area contributed by atoms with Gasteiger partial charge in [0, 0.05) is 25.3 Å². The lowest BCUT2D eigenvalue weighted by molar-refractivity contribution is 0.0242. The van der Waals surface area contributed by atoms with E-state index in [1.165, 1.54) is 19.3 Å². The zero-order valence-electron chi connectivity index (χ0n) is 12.1. The van der Waals surface area contributed by atoms with Crippen LogP contribution < -0.4 is 10.6 Å². The molecule has 1 aliphatic rings. The Bertz CT molecular complexity index is 205. The van der Waals surface area contributed by atoms with Crippen molar-refractivity contribution in [2.75, 3.05) is 32.8 Å². The van der Waals surface area contributed by atoms with Gasteiger partial charge in [-0.2, -0.15) is 0 Å². The van der Waals surface area contributed by atoms with Crippen LogP contribution in [0.2, 0.25) is 0 Å². The van der Waals surface area contributed by atoms with Crippen LogP contribution in [-0.2, 0) is 4.74 Å². The quantitative estimate of drug-likeness (QED) is 0.700. The van der Waals surface area contributed by atoms with Crippen molar-refractivity contribution >= 4 is 0 Å². The minimum Gasteiger partial charge on any atom is -0.381 e. The molecule has 1 saturated heterocycles. The van der Waals surface area contributed by atoms with Crippen LogP contribution in [0.1, 0.15) is 47.0 Å². The molecule has 0 aromatic rings. The molecular weight excluding hydrogens is 212 g/mol. The Labute approximate surface area is 107 Å². The van der Waals surface area contributed by atoms with E-state index < -0.39 is 0 Å². The first-order valence-electron chi connectivity index (χ1n) is 6.95. The number of nitrogens with one attached hydrogen (secondary N) is 2. The molecule has 1 rings (SSSR count). The summed E-state index contributed by atoms with van der Waals surface area (Å²) in [4.78, 5) is 0. The molecule has 3 nitrogen and oxygen atoms in total. The molecule has 102 valence electrons. The standard InChI is InChI=1S/C14H30N2O/c1-13(2,3)16-9-5-8-15-12-14(4)6-10-17-11-7-14/h15-16H,5-12H2,1-4H3. The van der Waals surface area contributed by atoms with Crippen molar-refractivity contribution in [3.8, 4) is 0 Å². The minimum absolute atomic E-state index is 0.243. The van der Waals surface area contributed by atoms with E-state index in [0.717, 1.165) is 32.8 Å². The van der Waals surface area contributed by atoms with Crippen LogP contribution in [0.4, 0.5) is 0 Å². The van der Waals surface area contributed by atoms with E-state index in [2.05, 4.69) is 38.3 Å².